The maximum Gasteiger partial charge on any atom is 0.390 e. The maximum atomic E-state index is 12.3. The number of rotatable bonds is 6. The molecule has 1 amide bonds. The van der Waals surface area contributed by atoms with Crippen LogP contribution in [0.4, 0.5) is 13.2 Å². The van der Waals surface area contributed by atoms with E-state index in [4.69, 9.17) is 16.3 Å². The van der Waals surface area contributed by atoms with E-state index in [1.165, 1.54) is 19.2 Å². The predicted octanol–water partition coefficient (Wildman–Crippen LogP) is 2.01. The van der Waals surface area contributed by atoms with Crippen LogP contribution in [0.3, 0.4) is 0 Å². The molecule has 8 nitrogen and oxygen atoms in total. The van der Waals surface area contributed by atoms with E-state index in [1.807, 2.05) is 0 Å². The Labute approximate surface area is 150 Å². The van der Waals surface area contributed by atoms with Crippen LogP contribution < -0.4 is 9.46 Å². The molecule has 0 fully saturated rings. The van der Waals surface area contributed by atoms with Gasteiger partial charge in [-0.3, -0.25) is 9.48 Å². The third kappa shape index (κ3) is 5.08. The van der Waals surface area contributed by atoms with Crippen LogP contribution in [0.1, 0.15) is 16.9 Å². The Hall–Kier alpha value is -2.34. The fourth-order valence-corrected chi connectivity index (χ4v) is 3.28. The molecule has 0 aliphatic carbocycles. The van der Waals surface area contributed by atoms with Crippen LogP contribution in [0.5, 0.6) is 5.75 Å². The van der Waals surface area contributed by atoms with Gasteiger partial charge in [-0.2, -0.15) is 13.2 Å². The molecule has 0 atom stereocenters. The Balaban J connectivity index is 2.15. The highest BCUT2D eigenvalue weighted by Gasteiger charge is 2.28. The third-order valence-electron chi connectivity index (χ3n) is 3.05. The van der Waals surface area contributed by atoms with Crippen LogP contribution in [0, 0.1) is 0 Å². The molecule has 1 aromatic heterocycles. The standard InChI is InChI=1S/C13H12ClF3N4O4S/c1-25-8-2-3-9(14)11(6-8)26(23,24)19-12(22)10-7-21(20-18-10)5-4-13(15,16)17/h2-3,6-7H,4-5H2,1H3,(H,19,22). The fraction of sp³-hybridized carbons (Fsp3) is 0.308. The van der Waals surface area contributed by atoms with Crippen molar-refractivity contribution in [2.75, 3.05) is 7.11 Å². The number of hydrogen-bond donors (Lipinski definition) is 1. The van der Waals surface area contributed by atoms with Crippen molar-refractivity contribution in [3.8, 4) is 5.75 Å². The zero-order valence-electron chi connectivity index (χ0n) is 13.1. The summed E-state index contributed by atoms with van der Waals surface area (Å²) in [6.45, 7) is -0.557. The topological polar surface area (TPSA) is 103 Å². The molecular weight excluding hydrogens is 401 g/mol. The van der Waals surface area contributed by atoms with E-state index in [9.17, 15) is 26.4 Å². The summed E-state index contributed by atoms with van der Waals surface area (Å²) in [6.07, 6.45) is -4.67. The summed E-state index contributed by atoms with van der Waals surface area (Å²) in [7, 11) is -3.05. The van der Waals surface area contributed by atoms with E-state index < -0.39 is 45.7 Å². The molecule has 13 heteroatoms. The first-order valence-electron chi connectivity index (χ1n) is 6.89. The molecule has 1 aromatic carbocycles. The van der Waals surface area contributed by atoms with Gasteiger partial charge in [-0.05, 0) is 12.1 Å². The summed E-state index contributed by atoms with van der Waals surface area (Å²) in [4.78, 5) is 11.6. The quantitative estimate of drug-likeness (QED) is 0.778. The zero-order chi connectivity index (χ0) is 19.5. The number of nitrogens with zero attached hydrogens (tertiary/aromatic N) is 3. The Bertz CT molecular complexity index is 914. The first-order chi connectivity index (χ1) is 12.0. The van der Waals surface area contributed by atoms with E-state index >= 15 is 0 Å². The molecule has 1 heterocycles. The Morgan fingerprint density at radius 1 is 1.38 bits per heavy atom. The molecule has 0 spiro atoms. The highest BCUT2D eigenvalue weighted by Crippen LogP contribution is 2.26. The van der Waals surface area contributed by atoms with Gasteiger partial charge < -0.3 is 4.74 Å². The number of carbonyl (C=O) groups is 1. The van der Waals surface area contributed by atoms with Crippen LogP contribution in [-0.2, 0) is 16.6 Å². The van der Waals surface area contributed by atoms with Crippen LogP contribution in [0.15, 0.2) is 29.3 Å². The second-order valence-electron chi connectivity index (χ2n) is 4.96. The van der Waals surface area contributed by atoms with Crippen molar-refractivity contribution in [3.63, 3.8) is 0 Å². The van der Waals surface area contributed by atoms with Gasteiger partial charge >= 0.3 is 6.18 Å². The van der Waals surface area contributed by atoms with Gasteiger partial charge in [0.05, 0.1) is 31.3 Å². The summed E-state index contributed by atoms with van der Waals surface area (Å²) >= 11 is 5.83. The van der Waals surface area contributed by atoms with Crippen LogP contribution in [0.25, 0.3) is 0 Å². The number of amides is 1. The van der Waals surface area contributed by atoms with Crippen LogP contribution in [-0.4, -0.2) is 42.6 Å². The van der Waals surface area contributed by atoms with Crippen molar-refractivity contribution in [1.29, 1.82) is 0 Å². The normalized spacial score (nSPS) is 12.0. The van der Waals surface area contributed by atoms with Gasteiger partial charge in [-0.15, -0.1) is 5.10 Å². The monoisotopic (exact) mass is 412 g/mol. The number of aryl methyl sites for hydroxylation is 1. The largest absolute Gasteiger partial charge is 0.497 e. The SMILES string of the molecule is COc1ccc(Cl)c(S(=O)(=O)NC(=O)c2cn(CCC(F)(F)F)nn2)c1. The molecule has 26 heavy (non-hydrogen) atoms. The van der Waals surface area contributed by atoms with E-state index in [1.54, 1.807) is 4.72 Å². The van der Waals surface area contributed by atoms with Gasteiger partial charge in [0.1, 0.15) is 10.6 Å². The minimum Gasteiger partial charge on any atom is -0.497 e. The lowest BCUT2D eigenvalue weighted by molar-refractivity contribution is -0.137. The highest BCUT2D eigenvalue weighted by atomic mass is 35.5. The molecule has 2 rings (SSSR count). The van der Waals surface area contributed by atoms with E-state index in [-0.39, 0.29) is 10.8 Å². The van der Waals surface area contributed by atoms with Crippen molar-refractivity contribution in [3.05, 3.63) is 35.1 Å². The van der Waals surface area contributed by atoms with Crippen molar-refractivity contribution in [1.82, 2.24) is 19.7 Å². The van der Waals surface area contributed by atoms with Gasteiger partial charge in [0.2, 0.25) is 0 Å². The summed E-state index contributed by atoms with van der Waals surface area (Å²) in [5.74, 6) is -0.970. The predicted molar refractivity (Wildman–Crippen MR) is 83.4 cm³/mol. The summed E-state index contributed by atoms with van der Waals surface area (Å²) < 4.78 is 68.5. The number of hydrogen-bond acceptors (Lipinski definition) is 6. The summed E-state index contributed by atoms with van der Waals surface area (Å²) in [6, 6.07) is 3.81. The Morgan fingerprint density at radius 3 is 2.69 bits per heavy atom. The first-order valence-corrected chi connectivity index (χ1v) is 8.75. The lowest BCUT2D eigenvalue weighted by Gasteiger charge is -2.09. The molecule has 0 unspecified atom stereocenters. The number of aromatic nitrogens is 3. The molecule has 1 N–H and O–H groups in total. The van der Waals surface area contributed by atoms with Crippen molar-refractivity contribution in [2.24, 2.45) is 0 Å². The van der Waals surface area contributed by atoms with Crippen molar-refractivity contribution >= 4 is 27.5 Å². The Kier molecular flexibility index (Phi) is 5.76. The molecule has 0 radical (unpaired) electrons. The summed E-state index contributed by atoms with van der Waals surface area (Å²) in [5, 5.41) is 6.56. The second kappa shape index (κ2) is 7.50. The van der Waals surface area contributed by atoms with Crippen LogP contribution >= 0.6 is 11.6 Å². The third-order valence-corrected chi connectivity index (χ3v) is 4.86. The smallest absolute Gasteiger partial charge is 0.390 e. The Morgan fingerprint density at radius 2 is 2.08 bits per heavy atom. The lowest BCUT2D eigenvalue weighted by Crippen LogP contribution is -2.31. The average Bonchev–Trinajstić information content (AvgIpc) is 3.01. The molecule has 2 aromatic rings. The number of methoxy groups -OCH3 is 1. The number of alkyl halides is 3. The molecule has 0 aliphatic heterocycles. The lowest BCUT2D eigenvalue weighted by atomic mass is 10.3. The fourth-order valence-electron chi connectivity index (χ4n) is 1.80. The van der Waals surface area contributed by atoms with Gasteiger partial charge in [0.15, 0.2) is 5.69 Å². The molecule has 0 bridgehead atoms. The number of nitrogens with one attached hydrogen (secondary N) is 1. The average molecular weight is 413 g/mol. The number of carbonyl (C=O) groups excluding carboxylic acids is 1. The molecule has 142 valence electrons. The van der Waals surface area contributed by atoms with Gasteiger partial charge in [-0.25, -0.2) is 13.1 Å². The minimum absolute atomic E-state index is 0.153. The van der Waals surface area contributed by atoms with E-state index in [0.29, 0.717) is 0 Å². The minimum atomic E-state index is -4.40. The van der Waals surface area contributed by atoms with Crippen molar-refractivity contribution < 1.29 is 31.1 Å². The zero-order valence-corrected chi connectivity index (χ0v) is 14.7. The molecular formula is C13H12ClF3N4O4S. The maximum absolute atomic E-state index is 12.3. The van der Waals surface area contributed by atoms with Gasteiger partial charge in [0.25, 0.3) is 15.9 Å². The van der Waals surface area contributed by atoms with E-state index in [2.05, 4.69) is 10.3 Å². The molecule has 0 saturated carbocycles. The molecule has 0 aliphatic rings. The van der Waals surface area contributed by atoms with Crippen molar-refractivity contribution in [2.45, 2.75) is 24.0 Å². The first kappa shape index (κ1) is 20.0. The number of sulfonamides is 1. The van der Waals surface area contributed by atoms with Gasteiger partial charge in [0, 0.05) is 6.07 Å². The highest BCUT2D eigenvalue weighted by molar-refractivity contribution is 7.90. The summed E-state index contributed by atoms with van der Waals surface area (Å²) in [5.41, 5.74) is -0.463. The van der Waals surface area contributed by atoms with Crippen LogP contribution in [0.2, 0.25) is 5.02 Å². The number of benzene rings is 1. The second-order valence-corrected chi connectivity index (χ2v) is 7.02. The van der Waals surface area contributed by atoms with E-state index in [0.717, 1.165) is 16.9 Å². The molecule has 0 saturated heterocycles. The van der Waals surface area contributed by atoms with Gasteiger partial charge in [-0.1, -0.05) is 16.8 Å². The number of ether oxygens (including phenoxy) is 1. The number of halogens is 4.